The molecule has 10 heteroatoms. The molecule has 9 nitrogen and oxygen atoms in total. The first kappa shape index (κ1) is 32.5. The summed E-state index contributed by atoms with van der Waals surface area (Å²) in [7, 11) is -2.37. The van der Waals surface area contributed by atoms with Crippen LogP contribution in [0.25, 0.3) is 0 Å². The van der Waals surface area contributed by atoms with Gasteiger partial charge in [-0.1, -0.05) is 56.3 Å². The van der Waals surface area contributed by atoms with E-state index in [0.29, 0.717) is 25.3 Å². The highest BCUT2D eigenvalue weighted by Gasteiger charge is 2.29. The smallest absolute Gasteiger partial charge is 0.243 e. The van der Waals surface area contributed by atoms with Crippen molar-refractivity contribution in [2.45, 2.75) is 45.3 Å². The highest BCUT2D eigenvalue weighted by molar-refractivity contribution is 7.89. The van der Waals surface area contributed by atoms with Gasteiger partial charge < -0.3 is 19.5 Å². The summed E-state index contributed by atoms with van der Waals surface area (Å²) in [6, 6.07) is 27.4. The first-order valence-electron chi connectivity index (χ1n) is 14.5. The Labute approximate surface area is 260 Å². The number of amides is 2. The quantitative estimate of drug-likeness (QED) is 0.205. The Hall–Kier alpha value is -4.41. The van der Waals surface area contributed by atoms with E-state index in [1.807, 2.05) is 86.8 Å². The van der Waals surface area contributed by atoms with Gasteiger partial charge in [0.05, 0.1) is 25.1 Å². The minimum absolute atomic E-state index is 0.0149. The summed E-state index contributed by atoms with van der Waals surface area (Å²) in [6.45, 7) is 6.30. The topological polar surface area (TPSA) is 101 Å². The number of ether oxygens (including phenoxy) is 1. The summed E-state index contributed by atoms with van der Waals surface area (Å²) in [5, 5.41) is 2.65. The van der Waals surface area contributed by atoms with Crippen molar-refractivity contribution in [2.75, 3.05) is 25.5 Å². The first-order valence-corrected chi connectivity index (χ1v) is 16.0. The van der Waals surface area contributed by atoms with E-state index in [9.17, 15) is 18.0 Å². The Balaban J connectivity index is 1.60. The second-order valence-corrected chi connectivity index (χ2v) is 13.0. The maximum atomic E-state index is 14.0. The Morgan fingerprint density at radius 3 is 2.25 bits per heavy atom. The van der Waals surface area contributed by atoms with Crippen LogP contribution in [0.4, 0.5) is 5.69 Å². The van der Waals surface area contributed by atoms with Gasteiger partial charge in [0, 0.05) is 44.1 Å². The number of hydrogen-bond donors (Lipinski definition) is 1. The number of nitrogens with zero attached hydrogens (tertiary/aromatic N) is 3. The fraction of sp³-hybridized carbons (Fsp3) is 0.294. The van der Waals surface area contributed by atoms with E-state index in [-0.39, 0.29) is 35.7 Å². The van der Waals surface area contributed by atoms with Crippen molar-refractivity contribution in [3.63, 3.8) is 0 Å². The number of anilines is 1. The van der Waals surface area contributed by atoms with Gasteiger partial charge in [-0.15, -0.1) is 0 Å². The number of benzene rings is 3. The molecule has 44 heavy (non-hydrogen) atoms. The molecule has 232 valence electrons. The van der Waals surface area contributed by atoms with Gasteiger partial charge in [-0.25, -0.2) is 8.42 Å². The number of carbonyl (C=O) groups excluding carboxylic acids is 2. The Morgan fingerprint density at radius 2 is 1.59 bits per heavy atom. The molecule has 0 aliphatic rings. The van der Waals surface area contributed by atoms with Crippen molar-refractivity contribution >= 4 is 27.5 Å². The molecular formula is C34H40N4O5S. The van der Waals surface area contributed by atoms with Gasteiger partial charge in [-0.2, -0.15) is 4.31 Å². The second-order valence-electron chi connectivity index (χ2n) is 11.1. The van der Waals surface area contributed by atoms with Crippen LogP contribution >= 0.6 is 0 Å². The number of methoxy groups -OCH3 is 1. The second kappa shape index (κ2) is 14.9. The van der Waals surface area contributed by atoms with Crippen LogP contribution < -0.4 is 10.1 Å². The molecule has 1 N–H and O–H groups in total. The van der Waals surface area contributed by atoms with E-state index in [2.05, 4.69) is 9.88 Å². The third-order valence-electron chi connectivity index (χ3n) is 7.03. The molecule has 0 bridgehead atoms. The average Bonchev–Trinajstić information content (AvgIpc) is 3.43. The molecule has 0 aliphatic heterocycles. The van der Waals surface area contributed by atoms with Gasteiger partial charge in [0.2, 0.25) is 21.8 Å². The van der Waals surface area contributed by atoms with Gasteiger partial charge in [-0.05, 0) is 65.6 Å². The molecule has 4 rings (SSSR count). The number of sulfonamides is 1. The van der Waals surface area contributed by atoms with Crippen molar-refractivity contribution in [1.29, 1.82) is 0 Å². The monoisotopic (exact) mass is 616 g/mol. The Bertz CT molecular complexity index is 1650. The zero-order valence-electron chi connectivity index (χ0n) is 25.6. The fourth-order valence-electron chi connectivity index (χ4n) is 4.91. The predicted octanol–water partition coefficient (Wildman–Crippen LogP) is 5.38. The number of carbonyl (C=O) groups is 2. The lowest BCUT2D eigenvalue weighted by molar-refractivity contribution is -0.132. The molecule has 0 saturated carbocycles. The lowest BCUT2D eigenvalue weighted by Gasteiger charge is -2.29. The highest BCUT2D eigenvalue weighted by atomic mass is 32.2. The van der Waals surface area contributed by atoms with Crippen molar-refractivity contribution in [3.8, 4) is 5.75 Å². The van der Waals surface area contributed by atoms with Crippen LogP contribution in [0.15, 0.2) is 102 Å². The fourth-order valence-corrected chi connectivity index (χ4v) is 6.47. The van der Waals surface area contributed by atoms with Crippen LogP contribution in [0.2, 0.25) is 0 Å². The molecule has 2 amide bonds. The number of nitrogens with one attached hydrogen (secondary N) is 1. The van der Waals surface area contributed by atoms with Gasteiger partial charge in [-0.3, -0.25) is 9.59 Å². The minimum atomic E-state index is -4.00. The number of rotatable bonds is 14. The molecule has 0 unspecified atom stereocenters. The molecule has 0 fully saturated rings. The molecule has 0 radical (unpaired) electrons. The first-order chi connectivity index (χ1) is 21.0. The van der Waals surface area contributed by atoms with Crippen LogP contribution in [0, 0.1) is 5.92 Å². The zero-order chi connectivity index (χ0) is 31.7. The van der Waals surface area contributed by atoms with Gasteiger partial charge in [0.15, 0.2) is 0 Å². The zero-order valence-corrected chi connectivity index (χ0v) is 26.5. The van der Waals surface area contributed by atoms with E-state index in [1.165, 1.54) is 23.4 Å². The summed E-state index contributed by atoms with van der Waals surface area (Å²) < 4.78 is 36.3. The van der Waals surface area contributed by atoms with Crippen LogP contribution in [0.5, 0.6) is 5.75 Å². The van der Waals surface area contributed by atoms with Crippen LogP contribution in [0.1, 0.15) is 37.6 Å². The standard InChI is InChI=1S/C34H40N4O5S/c1-26(2)21-38(44(41,42)33-17-15-30(16-18-33)35-27(3)39)25-34(40)37(22-28-10-6-5-7-11-28)24-31-13-9-19-36(31)23-29-12-8-14-32(20-29)43-4/h5-20,26H,21-25H2,1-4H3,(H,35,39). The summed E-state index contributed by atoms with van der Waals surface area (Å²) >= 11 is 0. The summed E-state index contributed by atoms with van der Waals surface area (Å²) in [5.74, 6) is 0.204. The minimum Gasteiger partial charge on any atom is -0.497 e. The van der Waals surface area contributed by atoms with Crippen molar-refractivity contribution in [1.82, 2.24) is 13.8 Å². The molecular weight excluding hydrogens is 576 g/mol. The maximum Gasteiger partial charge on any atom is 0.243 e. The predicted molar refractivity (Wildman–Crippen MR) is 172 cm³/mol. The van der Waals surface area contributed by atoms with E-state index in [0.717, 1.165) is 22.6 Å². The summed E-state index contributed by atoms with van der Waals surface area (Å²) in [5.41, 5.74) is 3.41. The molecule has 3 aromatic carbocycles. The van der Waals surface area contributed by atoms with E-state index in [1.54, 1.807) is 24.1 Å². The van der Waals surface area contributed by atoms with Crippen LogP contribution in [-0.4, -0.2) is 54.2 Å². The van der Waals surface area contributed by atoms with Crippen molar-refractivity contribution < 1.29 is 22.7 Å². The molecule has 4 aromatic rings. The summed E-state index contributed by atoms with van der Waals surface area (Å²) in [4.78, 5) is 27.2. The van der Waals surface area contributed by atoms with Gasteiger partial charge in [0.1, 0.15) is 5.75 Å². The van der Waals surface area contributed by atoms with Crippen LogP contribution in [0.3, 0.4) is 0 Å². The molecule has 0 aliphatic carbocycles. The number of hydrogen-bond acceptors (Lipinski definition) is 5. The van der Waals surface area contributed by atoms with E-state index < -0.39 is 10.0 Å². The normalized spacial score (nSPS) is 11.5. The van der Waals surface area contributed by atoms with Crippen LogP contribution in [-0.2, 0) is 39.2 Å². The van der Waals surface area contributed by atoms with Crippen molar-refractivity contribution in [2.24, 2.45) is 5.92 Å². The Morgan fingerprint density at radius 1 is 0.886 bits per heavy atom. The molecule has 0 atom stereocenters. The Kier molecular flexibility index (Phi) is 11.0. The summed E-state index contributed by atoms with van der Waals surface area (Å²) in [6.07, 6.45) is 1.97. The average molecular weight is 617 g/mol. The highest BCUT2D eigenvalue weighted by Crippen LogP contribution is 2.22. The molecule has 0 saturated heterocycles. The lowest BCUT2D eigenvalue weighted by atomic mass is 10.2. The third kappa shape index (κ3) is 8.81. The lowest BCUT2D eigenvalue weighted by Crippen LogP contribution is -2.44. The maximum absolute atomic E-state index is 14.0. The van der Waals surface area contributed by atoms with Gasteiger partial charge in [0.25, 0.3) is 0 Å². The van der Waals surface area contributed by atoms with Crippen molar-refractivity contribution in [3.05, 3.63) is 114 Å². The van der Waals surface area contributed by atoms with Gasteiger partial charge >= 0.3 is 0 Å². The SMILES string of the molecule is COc1cccc(Cn2cccc2CN(Cc2ccccc2)C(=O)CN(CC(C)C)S(=O)(=O)c2ccc(NC(C)=O)cc2)c1. The molecule has 1 aromatic heterocycles. The number of aromatic nitrogens is 1. The third-order valence-corrected chi connectivity index (χ3v) is 8.85. The molecule has 0 spiro atoms. The van der Waals surface area contributed by atoms with E-state index >= 15 is 0 Å². The largest absolute Gasteiger partial charge is 0.497 e. The van der Waals surface area contributed by atoms with E-state index in [4.69, 9.17) is 4.74 Å². The molecule has 1 heterocycles.